The van der Waals surface area contributed by atoms with E-state index in [0.29, 0.717) is 23.9 Å². The van der Waals surface area contributed by atoms with Crippen molar-refractivity contribution in [2.75, 3.05) is 33.3 Å². The SMILES string of the molecule is COc1cc(-c2ccc(C3CCc4ccc([C@H](C5CC5)[C@H](C)C(=O)O)cc4O3)cc2CN2CCNCC2)c(F)cn1. The summed E-state index contributed by atoms with van der Waals surface area (Å²) >= 11 is 0. The van der Waals surface area contributed by atoms with Gasteiger partial charge < -0.3 is 19.9 Å². The Morgan fingerprint density at radius 1 is 1.15 bits per heavy atom. The van der Waals surface area contributed by atoms with Gasteiger partial charge in [-0.2, -0.15) is 0 Å². The molecule has 1 saturated carbocycles. The van der Waals surface area contributed by atoms with Gasteiger partial charge in [-0.25, -0.2) is 9.37 Å². The van der Waals surface area contributed by atoms with Crippen molar-refractivity contribution in [1.82, 2.24) is 15.2 Å². The first-order valence-electron chi connectivity index (χ1n) is 14.7. The van der Waals surface area contributed by atoms with Gasteiger partial charge >= 0.3 is 5.97 Å². The van der Waals surface area contributed by atoms with Crippen LogP contribution < -0.4 is 14.8 Å². The van der Waals surface area contributed by atoms with Gasteiger partial charge in [0.2, 0.25) is 5.88 Å². The largest absolute Gasteiger partial charge is 0.485 e. The van der Waals surface area contributed by atoms with Crippen LogP contribution in [-0.4, -0.2) is 54.2 Å². The number of carboxylic acids is 1. The fraction of sp³-hybridized carbons (Fsp3) is 0.455. The first kappa shape index (κ1) is 27.7. The summed E-state index contributed by atoms with van der Waals surface area (Å²) in [6, 6.07) is 14.2. The van der Waals surface area contributed by atoms with Crippen molar-refractivity contribution in [2.45, 2.75) is 51.2 Å². The first-order chi connectivity index (χ1) is 19.9. The molecule has 1 unspecified atom stereocenters. The third-order valence-corrected chi connectivity index (χ3v) is 8.91. The Morgan fingerprint density at radius 2 is 1.95 bits per heavy atom. The third kappa shape index (κ3) is 5.95. The molecule has 3 atom stereocenters. The van der Waals surface area contributed by atoms with Gasteiger partial charge in [-0.1, -0.05) is 37.3 Å². The molecule has 216 valence electrons. The van der Waals surface area contributed by atoms with Crippen LogP contribution in [0.25, 0.3) is 11.1 Å². The number of aryl methyl sites for hydroxylation is 1. The summed E-state index contributed by atoms with van der Waals surface area (Å²) in [6.07, 6.45) is 4.96. The highest BCUT2D eigenvalue weighted by Crippen LogP contribution is 2.48. The van der Waals surface area contributed by atoms with Crippen molar-refractivity contribution in [1.29, 1.82) is 0 Å². The number of ether oxygens (including phenoxy) is 2. The van der Waals surface area contributed by atoms with Crippen molar-refractivity contribution in [3.05, 3.63) is 76.7 Å². The average Bonchev–Trinajstić information content (AvgIpc) is 3.83. The Morgan fingerprint density at radius 3 is 2.68 bits per heavy atom. The fourth-order valence-corrected chi connectivity index (χ4v) is 6.46. The van der Waals surface area contributed by atoms with E-state index in [9.17, 15) is 9.90 Å². The zero-order chi connectivity index (χ0) is 28.5. The number of halogens is 1. The molecular weight excluding hydrogens is 521 g/mol. The van der Waals surface area contributed by atoms with Crippen molar-refractivity contribution in [2.24, 2.45) is 11.8 Å². The molecule has 0 spiro atoms. The summed E-state index contributed by atoms with van der Waals surface area (Å²) in [5, 5.41) is 13.1. The van der Waals surface area contributed by atoms with E-state index in [1.54, 1.807) is 6.07 Å². The Bertz CT molecular complexity index is 1420. The summed E-state index contributed by atoms with van der Waals surface area (Å²) in [7, 11) is 1.54. The van der Waals surface area contributed by atoms with Gasteiger partial charge in [0, 0.05) is 44.4 Å². The van der Waals surface area contributed by atoms with Crippen molar-refractivity contribution in [3.8, 4) is 22.8 Å². The second-order valence-corrected chi connectivity index (χ2v) is 11.7. The molecule has 8 heteroatoms. The molecule has 2 fully saturated rings. The molecule has 3 heterocycles. The minimum Gasteiger partial charge on any atom is -0.485 e. The minimum atomic E-state index is -0.751. The maximum Gasteiger partial charge on any atom is 0.306 e. The van der Waals surface area contributed by atoms with Crippen LogP contribution in [0.15, 0.2) is 48.7 Å². The van der Waals surface area contributed by atoms with Gasteiger partial charge in [-0.05, 0) is 71.4 Å². The predicted molar refractivity (Wildman–Crippen MR) is 155 cm³/mol. The maximum absolute atomic E-state index is 15.0. The Hall–Kier alpha value is -3.49. The number of hydrogen-bond donors (Lipinski definition) is 2. The van der Waals surface area contributed by atoms with E-state index in [4.69, 9.17) is 9.47 Å². The zero-order valence-electron chi connectivity index (χ0n) is 23.7. The highest BCUT2D eigenvalue weighted by molar-refractivity contribution is 5.71. The second kappa shape index (κ2) is 11.8. The van der Waals surface area contributed by atoms with Gasteiger partial charge in [-0.3, -0.25) is 9.69 Å². The Kier molecular flexibility index (Phi) is 7.95. The molecule has 2 N–H and O–H groups in total. The summed E-state index contributed by atoms with van der Waals surface area (Å²) in [6.45, 7) is 6.24. The number of carboxylic acid groups (broad SMARTS) is 1. The summed E-state index contributed by atoms with van der Waals surface area (Å²) < 4.78 is 27.0. The molecule has 2 aliphatic heterocycles. The summed E-state index contributed by atoms with van der Waals surface area (Å²) in [5.41, 5.74) is 5.63. The lowest BCUT2D eigenvalue weighted by Crippen LogP contribution is -2.43. The lowest BCUT2D eigenvalue weighted by molar-refractivity contribution is -0.142. The number of nitrogens with zero attached hydrogens (tertiary/aromatic N) is 2. The molecular formula is C33H38FN3O4. The van der Waals surface area contributed by atoms with Crippen LogP contribution in [0.4, 0.5) is 4.39 Å². The number of hydrogen-bond acceptors (Lipinski definition) is 6. The van der Waals surface area contributed by atoms with E-state index < -0.39 is 11.9 Å². The normalized spacial score (nSPS) is 20.5. The monoisotopic (exact) mass is 559 g/mol. The molecule has 1 aliphatic carbocycles. The molecule has 0 radical (unpaired) electrons. The van der Waals surface area contributed by atoms with E-state index in [-0.39, 0.29) is 17.8 Å². The number of piperazine rings is 1. The number of aromatic nitrogens is 1. The van der Waals surface area contributed by atoms with Crippen LogP contribution >= 0.6 is 0 Å². The van der Waals surface area contributed by atoms with E-state index in [1.807, 2.05) is 19.1 Å². The molecule has 0 amide bonds. The topological polar surface area (TPSA) is 83.9 Å². The second-order valence-electron chi connectivity index (χ2n) is 11.7. The number of carbonyl (C=O) groups is 1. The number of benzene rings is 2. The molecule has 41 heavy (non-hydrogen) atoms. The van der Waals surface area contributed by atoms with Gasteiger partial charge in [0.1, 0.15) is 17.7 Å². The first-order valence-corrected chi connectivity index (χ1v) is 14.7. The van der Waals surface area contributed by atoms with Gasteiger partial charge in [-0.15, -0.1) is 0 Å². The summed E-state index contributed by atoms with van der Waals surface area (Å²) in [4.78, 5) is 18.3. The quantitative estimate of drug-likeness (QED) is 0.354. The molecule has 1 saturated heterocycles. The third-order valence-electron chi connectivity index (χ3n) is 8.91. The van der Waals surface area contributed by atoms with Crippen LogP contribution in [0.5, 0.6) is 11.6 Å². The molecule has 1 aromatic heterocycles. The summed E-state index contributed by atoms with van der Waals surface area (Å²) in [5.74, 6) is 0.0788. The van der Waals surface area contributed by atoms with Crippen LogP contribution in [0.1, 0.15) is 60.5 Å². The molecule has 3 aromatic rings. The Labute approximate surface area is 240 Å². The number of fused-ring (bicyclic) bond motifs is 1. The lowest BCUT2D eigenvalue weighted by atomic mass is 9.82. The van der Waals surface area contributed by atoms with Crippen LogP contribution in [0.3, 0.4) is 0 Å². The molecule has 2 aromatic carbocycles. The standard InChI is InChI=1S/C33H38FN3O4/c1-20(33(38)39)32(22-4-5-22)24-6-3-21-8-10-29(41-30(21)16-24)23-7-9-26(27-17-31(40-2)36-18-28(27)34)25(15-23)19-37-13-11-35-12-14-37/h3,6-7,9,15-18,20,22,29,32,35H,4-5,8,10-14,19H2,1-2H3,(H,38,39)/t20-,29?,32-/m0/s1. The van der Waals surface area contributed by atoms with Crippen LogP contribution in [0.2, 0.25) is 0 Å². The van der Waals surface area contributed by atoms with E-state index in [1.165, 1.54) is 13.3 Å². The fourth-order valence-electron chi connectivity index (χ4n) is 6.46. The number of pyridine rings is 1. The highest BCUT2D eigenvalue weighted by Gasteiger charge is 2.39. The predicted octanol–water partition coefficient (Wildman–Crippen LogP) is 5.58. The number of methoxy groups -OCH3 is 1. The maximum atomic E-state index is 15.0. The lowest BCUT2D eigenvalue weighted by Gasteiger charge is -2.30. The number of nitrogens with one attached hydrogen (secondary N) is 1. The molecule has 7 nitrogen and oxygen atoms in total. The Balaban J connectivity index is 1.31. The van der Waals surface area contributed by atoms with Crippen molar-refractivity contribution in [3.63, 3.8) is 0 Å². The van der Waals surface area contributed by atoms with E-state index in [2.05, 4.69) is 39.5 Å². The van der Waals surface area contributed by atoms with Gasteiger partial charge in [0.25, 0.3) is 0 Å². The smallest absolute Gasteiger partial charge is 0.306 e. The molecule has 6 rings (SSSR count). The van der Waals surface area contributed by atoms with E-state index in [0.717, 1.165) is 85.4 Å². The van der Waals surface area contributed by atoms with Crippen molar-refractivity contribution >= 4 is 5.97 Å². The zero-order valence-corrected chi connectivity index (χ0v) is 23.7. The van der Waals surface area contributed by atoms with Gasteiger partial charge in [0.15, 0.2) is 0 Å². The average molecular weight is 560 g/mol. The number of aliphatic carboxylic acids is 1. The van der Waals surface area contributed by atoms with Crippen LogP contribution in [-0.2, 0) is 17.8 Å². The minimum absolute atomic E-state index is 0.000977. The molecule has 0 bridgehead atoms. The number of rotatable bonds is 9. The highest BCUT2D eigenvalue weighted by atomic mass is 19.1. The molecule has 3 aliphatic rings. The van der Waals surface area contributed by atoms with Gasteiger partial charge in [0.05, 0.1) is 19.2 Å². The van der Waals surface area contributed by atoms with E-state index >= 15 is 4.39 Å². The van der Waals surface area contributed by atoms with Crippen LogP contribution in [0, 0.1) is 17.7 Å². The van der Waals surface area contributed by atoms with Crippen molar-refractivity contribution < 1.29 is 23.8 Å².